The number of aliphatic hydroxyl groups excluding tert-OH is 1. The van der Waals surface area contributed by atoms with Gasteiger partial charge in [0, 0.05) is 0 Å². The topological polar surface area (TPSA) is 33.1 Å². The standard InChI is InChI=1S/C9H12ClNO/c1-6(2)7-3-4-9(10)11-8(7)5-12/h3-4,6,12H,5H2,1-2H3. The van der Waals surface area contributed by atoms with Gasteiger partial charge in [0.25, 0.3) is 0 Å². The van der Waals surface area contributed by atoms with Crippen LogP contribution in [-0.2, 0) is 6.61 Å². The van der Waals surface area contributed by atoms with E-state index < -0.39 is 0 Å². The zero-order valence-corrected chi connectivity index (χ0v) is 7.97. The van der Waals surface area contributed by atoms with Crippen LogP contribution in [0, 0.1) is 0 Å². The lowest BCUT2D eigenvalue weighted by atomic mass is 10.0. The molecule has 66 valence electrons. The first-order valence-corrected chi connectivity index (χ1v) is 4.29. The maximum absolute atomic E-state index is 8.97. The highest BCUT2D eigenvalue weighted by atomic mass is 35.5. The van der Waals surface area contributed by atoms with Gasteiger partial charge in [0.15, 0.2) is 0 Å². The minimum atomic E-state index is -0.0475. The number of halogens is 1. The lowest BCUT2D eigenvalue weighted by molar-refractivity contribution is 0.275. The molecule has 0 saturated carbocycles. The van der Waals surface area contributed by atoms with Gasteiger partial charge in [-0.3, -0.25) is 0 Å². The van der Waals surface area contributed by atoms with Crippen molar-refractivity contribution in [3.63, 3.8) is 0 Å². The summed E-state index contributed by atoms with van der Waals surface area (Å²) in [6.45, 7) is 4.07. The maximum Gasteiger partial charge on any atom is 0.129 e. The fraction of sp³-hybridized carbons (Fsp3) is 0.444. The summed E-state index contributed by atoms with van der Waals surface area (Å²) in [6.07, 6.45) is 0. The molecule has 0 aliphatic heterocycles. The summed E-state index contributed by atoms with van der Waals surface area (Å²) in [7, 11) is 0. The average Bonchev–Trinajstić information content (AvgIpc) is 2.03. The van der Waals surface area contributed by atoms with Crippen LogP contribution in [0.25, 0.3) is 0 Å². The highest BCUT2D eigenvalue weighted by Crippen LogP contribution is 2.19. The van der Waals surface area contributed by atoms with Crippen LogP contribution in [-0.4, -0.2) is 10.1 Å². The van der Waals surface area contributed by atoms with Gasteiger partial charge in [-0.2, -0.15) is 0 Å². The number of hydrogen-bond acceptors (Lipinski definition) is 2. The summed E-state index contributed by atoms with van der Waals surface area (Å²) in [6, 6.07) is 3.65. The molecular formula is C9H12ClNO. The fourth-order valence-corrected chi connectivity index (χ4v) is 1.30. The van der Waals surface area contributed by atoms with Crippen LogP contribution in [0.15, 0.2) is 12.1 Å². The van der Waals surface area contributed by atoms with Gasteiger partial charge in [0.2, 0.25) is 0 Å². The molecule has 12 heavy (non-hydrogen) atoms. The van der Waals surface area contributed by atoms with Crippen molar-refractivity contribution in [2.24, 2.45) is 0 Å². The Bertz CT molecular complexity index is 273. The molecule has 0 atom stereocenters. The molecule has 0 fully saturated rings. The fourth-order valence-electron chi connectivity index (χ4n) is 1.14. The van der Waals surface area contributed by atoms with Gasteiger partial charge < -0.3 is 5.11 Å². The summed E-state index contributed by atoms with van der Waals surface area (Å²) >= 11 is 5.68. The lowest BCUT2D eigenvalue weighted by Gasteiger charge is -2.09. The molecule has 0 radical (unpaired) electrons. The number of aliphatic hydroxyl groups is 1. The Morgan fingerprint density at radius 2 is 2.17 bits per heavy atom. The second-order valence-corrected chi connectivity index (χ2v) is 3.37. The molecule has 0 amide bonds. The van der Waals surface area contributed by atoms with Crippen molar-refractivity contribution in [1.82, 2.24) is 4.98 Å². The predicted octanol–water partition coefficient (Wildman–Crippen LogP) is 2.35. The molecule has 0 unspecified atom stereocenters. The summed E-state index contributed by atoms with van der Waals surface area (Å²) < 4.78 is 0. The van der Waals surface area contributed by atoms with Crippen LogP contribution >= 0.6 is 11.6 Å². The number of rotatable bonds is 2. The first-order chi connectivity index (χ1) is 5.65. The number of nitrogens with zero attached hydrogens (tertiary/aromatic N) is 1. The van der Waals surface area contributed by atoms with Gasteiger partial charge >= 0.3 is 0 Å². The van der Waals surface area contributed by atoms with E-state index in [0.717, 1.165) is 5.56 Å². The Balaban J connectivity index is 3.11. The second-order valence-electron chi connectivity index (χ2n) is 2.98. The molecule has 2 nitrogen and oxygen atoms in total. The van der Waals surface area contributed by atoms with Crippen molar-refractivity contribution in [3.05, 3.63) is 28.5 Å². The van der Waals surface area contributed by atoms with E-state index in [9.17, 15) is 0 Å². The van der Waals surface area contributed by atoms with Crippen molar-refractivity contribution in [2.45, 2.75) is 26.4 Å². The Morgan fingerprint density at radius 3 is 2.67 bits per heavy atom. The monoisotopic (exact) mass is 185 g/mol. The van der Waals surface area contributed by atoms with Crippen molar-refractivity contribution >= 4 is 11.6 Å². The van der Waals surface area contributed by atoms with Gasteiger partial charge in [-0.15, -0.1) is 0 Å². The predicted molar refractivity (Wildman–Crippen MR) is 49.3 cm³/mol. The zero-order chi connectivity index (χ0) is 9.14. The molecule has 0 saturated heterocycles. The number of aromatic nitrogens is 1. The van der Waals surface area contributed by atoms with Crippen LogP contribution in [0.5, 0.6) is 0 Å². The number of pyridine rings is 1. The first kappa shape index (κ1) is 9.49. The van der Waals surface area contributed by atoms with E-state index in [-0.39, 0.29) is 6.61 Å². The minimum Gasteiger partial charge on any atom is -0.390 e. The molecule has 0 aromatic carbocycles. The molecule has 1 aromatic heterocycles. The van der Waals surface area contributed by atoms with Crippen LogP contribution in [0.2, 0.25) is 5.15 Å². The van der Waals surface area contributed by atoms with E-state index in [0.29, 0.717) is 16.8 Å². The third-order valence-electron chi connectivity index (χ3n) is 1.75. The van der Waals surface area contributed by atoms with E-state index in [4.69, 9.17) is 16.7 Å². The number of hydrogen-bond donors (Lipinski definition) is 1. The maximum atomic E-state index is 8.97. The molecular weight excluding hydrogens is 174 g/mol. The normalized spacial score (nSPS) is 10.8. The van der Waals surface area contributed by atoms with Gasteiger partial charge in [-0.25, -0.2) is 4.98 Å². The SMILES string of the molecule is CC(C)c1ccc(Cl)nc1CO. The molecule has 0 aliphatic rings. The highest BCUT2D eigenvalue weighted by Gasteiger charge is 2.06. The van der Waals surface area contributed by atoms with Crippen LogP contribution in [0.4, 0.5) is 0 Å². The Hall–Kier alpha value is -0.600. The summed E-state index contributed by atoms with van der Waals surface area (Å²) in [4.78, 5) is 4.03. The van der Waals surface area contributed by atoms with E-state index in [2.05, 4.69) is 18.8 Å². The van der Waals surface area contributed by atoms with Crippen LogP contribution in [0.1, 0.15) is 31.0 Å². The quantitative estimate of drug-likeness (QED) is 0.718. The van der Waals surface area contributed by atoms with Gasteiger partial charge in [-0.1, -0.05) is 31.5 Å². The smallest absolute Gasteiger partial charge is 0.129 e. The molecule has 0 bridgehead atoms. The van der Waals surface area contributed by atoms with Gasteiger partial charge in [-0.05, 0) is 17.5 Å². The second kappa shape index (κ2) is 3.87. The van der Waals surface area contributed by atoms with Crippen molar-refractivity contribution in [2.75, 3.05) is 0 Å². The van der Waals surface area contributed by atoms with Crippen molar-refractivity contribution in [1.29, 1.82) is 0 Å². The minimum absolute atomic E-state index is 0.0475. The molecule has 0 aliphatic carbocycles. The van der Waals surface area contributed by atoms with E-state index >= 15 is 0 Å². The highest BCUT2D eigenvalue weighted by molar-refractivity contribution is 6.29. The third kappa shape index (κ3) is 1.96. The Labute approximate surface area is 77.2 Å². The van der Waals surface area contributed by atoms with E-state index in [1.807, 2.05) is 6.07 Å². The lowest BCUT2D eigenvalue weighted by Crippen LogP contribution is -1.99. The van der Waals surface area contributed by atoms with Crippen molar-refractivity contribution in [3.8, 4) is 0 Å². The Kier molecular flexibility index (Phi) is 3.06. The van der Waals surface area contributed by atoms with Crippen molar-refractivity contribution < 1.29 is 5.11 Å². The zero-order valence-electron chi connectivity index (χ0n) is 7.21. The third-order valence-corrected chi connectivity index (χ3v) is 1.96. The molecule has 1 N–H and O–H groups in total. The molecule has 1 heterocycles. The largest absolute Gasteiger partial charge is 0.390 e. The van der Waals surface area contributed by atoms with E-state index in [1.165, 1.54) is 0 Å². The molecule has 1 aromatic rings. The van der Waals surface area contributed by atoms with Gasteiger partial charge in [0.05, 0.1) is 12.3 Å². The van der Waals surface area contributed by atoms with Crippen LogP contribution < -0.4 is 0 Å². The summed E-state index contributed by atoms with van der Waals surface area (Å²) in [5.41, 5.74) is 1.74. The Morgan fingerprint density at radius 1 is 1.50 bits per heavy atom. The van der Waals surface area contributed by atoms with Gasteiger partial charge in [0.1, 0.15) is 5.15 Å². The summed E-state index contributed by atoms with van der Waals surface area (Å²) in [5.74, 6) is 0.372. The molecule has 0 spiro atoms. The first-order valence-electron chi connectivity index (χ1n) is 3.91. The van der Waals surface area contributed by atoms with Crippen LogP contribution in [0.3, 0.4) is 0 Å². The summed E-state index contributed by atoms with van der Waals surface area (Å²) in [5, 5.41) is 9.40. The molecule has 3 heteroatoms. The molecule has 1 rings (SSSR count). The van der Waals surface area contributed by atoms with E-state index in [1.54, 1.807) is 6.07 Å². The average molecular weight is 186 g/mol.